The molecule has 4 rings (SSSR count). The molecule has 1 fully saturated rings. The van der Waals surface area contributed by atoms with Gasteiger partial charge in [0.2, 0.25) is 5.89 Å². The molecule has 0 saturated carbocycles. The van der Waals surface area contributed by atoms with E-state index in [4.69, 9.17) is 4.52 Å². The summed E-state index contributed by atoms with van der Waals surface area (Å²) in [7, 11) is 2.11. The van der Waals surface area contributed by atoms with Crippen LogP contribution in [0.2, 0.25) is 0 Å². The van der Waals surface area contributed by atoms with Gasteiger partial charge in [-0.3, -0.25) is 14.9 Å². The van der Waals surface area contributed by atoms with Crippen molar-refractivity contribution in [2.75, 3.05) is 26.7 Å². The highest BCUT2D eigenvalue weighted by atomic mass is 16.5. The minimum Gasteiger partial charge on any atom is -0.338 e. The van der Waals surface area contributed by atoms with Crippen LogP contribution in [0, 0.1) is 6.92 Å². The Hall–Kier alpha value is -2.25. The molecule has 7 heteroatoms. The summed E-state index contributed by atoms with van der Waals surface area (Å²) in [6, 6.07) is 6.61. The monoisotopic (exact) mass is 312 g/mol. The molecule has 3 aromatic rings. The third-order valence-electron chi connectivity index (χ3n) is 4.47. The van der Waals surface area contributed by atoms with Gasteiger partial charge >= 0.3 is 0 Å². The van der Waals surface area contributed by atoms with Crippen molar-refractivity contribution in [1.82, 2.24) is 30.1 Å². The Kier molecular flexibility index (Phi) is 3.59. The molecule has 1 N–H and O–H groups in total. The van der Waals surface area contributed by atoms with Crippen LogP contribution >= 0.6 is 0 Å². The third kappa shape index (κ3) is 2.85. The Morgan fingerprint density at radius 3 is 3.09 bits per heavy atom. The highest BCUT2D eigenvalue weighted by molar-refractivity contribution is 5.78. The lowest BCUT2D eigenvalue weighted by Gasteiger charge is -2.37. The highest BCUT2D eigenvalue weighted by Gasteiger charge is 2.29. The number of likely N-dealkylation sites (N-methyl/N-ethyl adjacent to an activating group) is 1. The number of H-pyrrole nitrogens is 1. The Labute approximate surface area is 134 Å². The van der Waals surface area contributed by atoms with E-state index in [1.807, 2.05) is 13.1 Å². The van der Waals surface area contributed by atoms with Crippen LogP contribution < -0.4 is 0 Å². The number of hydrogen-bond acceptors (Lipinski definition) is 6. The first-order valence-electron chi connectivity index (χ1n) is 7.84. The molecule has 3 heterocycles. The van der Waals surface area contributed by atoms with Crippen LogP contribution in [0.3, 0.4) is 0 Å². The second kappa shape index (κ2) is 5.75. The average Bonchev–Trinajstić information content (AvgIpc) is 3.17. The number of benzene rings is 1. The second-order valence-corrected chi connectivity index (χ2v) is 6.20. The number of piperazine rings is 1. The van der Waals surface area contributed by atoms with Gasteiger partial charge in [-0.05, 0) is 25.6 Å². The van der Waals surface area contributed by atoms with Gasteiger partial charge in [0.15, 0.2) is 5.82 Å². The largest absolute Gasteiger partial charge is 0.338 e. The van der Waals surface area contributed by atoms with Gasteiger partial charge in [0.05, 0.1) is 11.7 Å². The Balaban J connectivity index is 1.50. The SMILES string of the molecule is Cc1noc([C@H]2CN(Cc3ccc4cn[nH]c4c3)CCN2C)n1. The Morgan fingerprint density at radius 1 is 1.35 bits per heavy atom. The molecule has 1 saturated heterocycles. The maximum Gasteiger partial charge on any atom is 0.245 e. The topological polar surface area (TPSA) is 74.1 Å². The van der Waals surface area contributed by atoms with Gasteiger partial charge in [-0.1, -0.05) is 17.3 Å². The van der Waals surface area contributed by atoms with E-state index in [2.05, 4.69) is 55.4 Å². The van der Waals surface area contributed by atoms with Gasteiger partial charge in [-0.2, -0.15) is 10.1 Å². The van der Waals surface area contributed by atoms with Crippen LogP contribution in [0.15, 0.2) is 28.9 Å². The molecule has 1 aliphatic heterocycles. The van der Waals surface area contributed by atoms with Crippen molar-refractivity contribution < 1.29 is 4.52 Å². The molecule has 0 unspecified atom stereocenters. The molecular weight excluding hydrogens is 292 g/mol. The molecule has 2 aromatic heterocycles. The van der Waals surface area contributed by atoms with Gasteiger partial charge in [-0.15, -0.1) is 0 Å². The molecule has 1 aromatic carbocycles. The zero-order valence-corrected chi connectivity index (χ0v) is 13.4. The van der Waals surface area contributed by atoms with Crippen molar-refractivity contribution in [2.24, 2.45) is 0 Å². The summed E-state index contributed by atoms with van der Waals surface area (Å²) in [5.74, 6) is 1.40. The maximum absolute atomic E-state index is 5.38. The van der Waals surface area contributed by atoms with Crippen LogP contribution in [0.5, 0.6) is 0 Å². The van der Waals surface area contributed by atoms with Crippen molar-refractivity contribution in [3.63, 3.8) is 0 Å². The molecule has 0 bridgehead atoms. The summed E-state index contributed by atoms with van der Waals surface area (Å²) >= 11 is 0. The van der Waals surface area contributed by atoms with Crippen LogP contribution in [-0.2, 0) is 6.54 Å². The normalized spacial score (nSPS) is 20.3. The van der Waals surface area contributed by atoms with Crippen molar-refractivity contribution in [3.05, 3.63) is 41.7 Å². The fourth-order valence-corrected chi connectivity index (χ4v) is 3.13. The Morgan fingerprint density at radius 2 is 2.26 bits per heavy atom. The zero-order valence-electron chi connectivity index (χ0n) is 13.4. The molecule has 1 aliphatic rings. The van der Waals surface area contributed by atoms with E-state index in [9.17, 15) is 0 Å². The van der Waals surface area contributed by atoms with Gasteiger partial charge < -0.3 is 4.52 Å². The molecular formula is C16H20N6O. The molecule has 120 valence electrons. The predicted octanol–water partition coefficient (Wildman–Crippen LogP) is 1.74. The summed E-state index contributed by atoms with van der Waals surface area (Å²) < 4.78 is 5.38. The first-order valence-corrected chi connectivity index (χ1v) is 7.84. The number of aromatic amines is 1. The summed E-state index contributed by atoms with van der Waals surface area (Å²) in [6.45, 7) is 5.66. The fraction of sp³-hybridized carbons (Fsp3) is 0.438. The van der Waals surface area contributed by atoms with E-state index in [-0.39, 0.29) is 6.04 Å². The van der Waals surface area contributed by atoms with E-state index >= 15 is 0 Å². The quantitative estimate of drug-likeness (QED) is 0.794. The van der Waals surface area contributed by atoms with Gasteiger partial charge in [-0.25, -0.2) is 0 Å². The molecule has 0 aliphatic carbocycles. The summed E-state index contributed by atoms with van der Waals surface area (Å²) in [5.41, 5.74) is 2.37. The molecule has 0 amide bonds. The van der Waals surface area contributed by atoms with Crippen molar-refractivity contribution in [1.29, 1.82) is 0 Å². The predicted molar refractivity (Wildman–Crippen MR) is 85.8 cm³/mol. The molecule has 1 atom stereocenters. The summed E-state index contributed by atoms with van der Waals surface area (Å²) in [4.78, 5) is 9.11. The van der Waals surface area contributed by atoms with Crippen molar-refractivity contribution in [3.8, 4) is 0 Å². The van der Waals surface area contributed by atoms with E-state index in [1.54, 1.807) is 0 Å². The smallest absolute Gasteiger partial charge is 0.245 e. The zero-order chi connectivity index (χ0) is 15.8. The van der Waals surface area contributed by atoms with Crippen LogP contribution in [0.4, 0.5) is 0 Å². The number of nitrogens with one attached hydrogen (secondary N) is 1. The number of aryl methyl sites for hydroxylation is 1. The van der Waals surface area contributed by atoms with Crippen LogP contribution in [-0.4, -0.2) is 56.8 Å². The van der Waals surface area contributed by atoms with Gasteiger partial charge in [0, 0.05) is 31.6 Å². The van der Waals surface area contributed by atoms with Crippen molar-refractivity contribution >= 4 is 10.9 Å². The summed E-state index contributed by atoms with van der Waals surface area (Å²) in [6.07, 6.45) is 1.85. The molecule has 23 heavy (non-hydrogen) atoms. The maximum atomic E-state index is 5.38. The average molecular weight is 312 g/mol. The fourth-order valence-electron chi connectivity index (χ4n) is 3.13. The minimum atomic E-state index is 0.154. The number of nitrogens with zero attached hydrogens (tertiary/aromatic N) is 5. The van der Waals surface area contributed by atoms with Crippen LogP contribution in [0.1, 0.15) is 23.3 Å². The minimum absolute atomic E-state index is 0.154. The van der Waals surface area contributed by atoms with E-state index in [0.717, 1.165) is 37.1 Å². The standard InChI is InChI=1S/C16H20N6O/c1-11-18-16(23-20-11)15-10-22(6-5-21(15)2)9-12-3-4-13-8-17-19-14(13)7-12/h3-4,7-8,15H,5-6,9-10H2,1-2H3,(H,17,19)/t15-/m1/s1. The number of rotatable bonds is 3. The van der Waals surface area contributed by atoms with E-state index < -0.39 is 0 Å². The van der Waals surface area contributed by atoms with Crippen molar-refractivity contribution in [2.45, 2.75) is 19.5 Å². The molecule has 7 nitrogen and oxygen atoms in total. The van der Waals surface area contributed by atoms with E-state index in [0.29, 0.717) is 11.7 Å². The lowest BCUT2D eigenvalue weighted by Crippen LogP contribution is -2.46. The third-order valence-corrected chi connectivity index (χ3v) is 4.47. The first kappa shape index (κ1) is 14.3. The second-order valence-electron chi connectivity index (χ2n) is 6.20. The summed E-state index contributed by atoms with van der Waals surface area (Å²) in [5, 5.41) is 12.2. The van der Waals surface area contributed by atoms with E-state index in [1.165, 1.54) is 5.56 Å². The highest BCUT2D eigenvalue weighted by Crippen LogP contribution is 2.24. The first-order chi connectivity index (χ1) is 11.2. The lowest BCUT2D eigenvalue weighted by molar-refractivity contribution is 0.0715. The Bertz CT molecular complexity index is 810. The number of fused-ring (bicyclic) bond motifs is 1. The lowest BCUT2D eigenvalue weighted by atomic mass is 10.1. The van der Waals surface area contributed by atoms with Gasteiger partial charge in [0.25, 0.3) is 0 Å². The molecule has 0 radical (unpaired) electrons. The van der Waals surface area contributed by atoms with Gasteiger partial charge in [0.1, 0.15) is 6.04 Å². The number of aromatic nitrogens is 4. The van der Waals surface area contributed by atoms with Crippen LogP contribution in [0.25, 0.3) is 10.9 Å². The number of hydrogen-bond donors (Lipinski definition) is 1. The molecule has 0 spiro atoms.